The van der Waals surface area contributed by atoms with Gasteiger partial charge in [-0.05, 0) is 74.6 Å². The monoisotopic (exact) mass is 981 g/mol. The van der Waals surface area contributed by atoms with Crippen molar-refractivity contribution in [3.05, 3.63) is 70.3 Å². The van der Waals surface area contributed by atoms with Crippen molar-refractivity contribution in [1.29, 1.82) is 0 Å². The number of anilines is 1. The molecule has 1 saturated carbocycles. The molecule has 2 N–H and O–H groups in total. The number of imide groups is 1. The van der Waals surface area contributed by atoms with Gasteiger partial charge in [-0.1, -0.05) is 43.7 Å². The molecule has 2 amide bonds. The molecule has 0 radical (unpaired) electrons. The molecular formula is C52H72N10O9. The van der Waals surface area contributed by atoms with E-state index in [9.17, 15) is 19.2 Å². The molecule has 5 aromatic rings. The number of amides is 2. The number of benzene rings is 2. The zero-order valence-electron chi connectivity index (χ0n) is 41.8. The summed E-state index contributed by atoms with van der Waals surface area (Å²) in [6, 6.07) is 14.1. The molecule has 1 atom stereocenters. The summed E-state index contributed by atoms with van der Waals surface area (Å²) in [6.07, 6.45) is 9.50. The van der Waals surface area contributed by atoms with Crippen LogP contribution in [0.15, 0.2) is 53.5 Å². The molecular weight excluding hydrogens is 909 g/mol. The lowest BCUT2D eigenvalue weighted by molar-refractivity contribution is -0.148. The van der Waals surface area contributed by atoms with Gasteiger partial charge >= 0.3 is 11.7 Å². The normalized spacial score (nSPS) is 19.2. The van der Waals surface area contributed by atoms with Gasteiger partial charge < -0.3 is 29.0 Å². The molecule has 0 bridgehead atoms. The minimum atomic E-state index is -0.691. The van der Waals surface area contributed by atoms with Gasteiger partial charge in [-0.3, -0.25) is 38.6 Å². The Morgan fingerprint density at radius 2 is 1.46 bits per heavy atom. The van der Waals surface area contributed by atoms with E-state index in [1.54, 1.807) is 11.6 Å². The maximum Gasteiger partial charge on any atom is 0.329 e. The molecule has 8 rings (SSSR count). The van der Waals surface area contributed by atoms with Crippen LogP contribution in [0, 0.1) is 0 Å². The second-order valence-electron chi connectivity index (χ2n) is 18.9. The molecule has 71 heavy (non-hydrogen) atoms. The smallest absolute Gasteiger partial charge is 0.329 e. The van der Waals surface area contributed by atoms with Crippen LogP contribution in [-0.2, 0) is 58.1 Å². The highest BCUT2D eigenvalue weighted by atomic mass is 16.6. The third-order valence-corrected chi connectivity index (χ3v) is 13.8. The summed E-state index contributed by atoms with van der Waals surface area (Å²) in [5.41, 5.74) is 6.30. The molecule has 3 aliphatic rings. The van der Waals surface area contributed by atoms with Gasteiger partial charge in [0.25, 0.3) is 0 Å². The first-order valence-electron chi connectivity index (χ1n) is 25.7. The Morgan fingerprint density at radius 1 is 0.789 bits per heavy atom. The van der Waals surface area contributed by atoms with Gasteiger partial charge in [-0.25, -0.2) is 14.5 Å². The SMILES string of the molecule is CCCCNc1ncc2c(-c3ccc(CN4CCN(CCOCCOCCOCCOCCCc5ccc6c(c5)n(C)c(=O)n6[C@H]5CCC(=O)NC5=O)CC4)cc3)nn(C3CCC(OC(C)=O)CC3)c2n1. The predicted molar refractivity (Wildman–Crippen MR) is 269 cm³/mol. The summed E-state index contributed by atoms with van der Waals surface area (Å²) in [5, 5.41) is 11.8. The zero-order valence-corrected chi connectivity index (χ0v) is 41.8. The molecule has 19 heteroatoms. The number of fused-ring (bicyclic) bond motifs is 2. The molecule has 1 aliphatic carbocycles. The van der Waals surface area contributed by atoms with E-state index >= 15 is 0 Å². The van der Waals surface area contributed by atoms with Gasteiger partial charge in [0.05, 0.1) is 68.7 Å². The van der Waals surface area contributed by atoms with Crippen molar-refractivity contribution in [3.63, 3.8) is 0 Å². The number of nitrogens with one attached hydrogen (secondary N) is 2. The number of carbonyl (C=O) groups is 3. The average Bonchev–Trinajstić information content (AvgIpc) is 3.86. The predicted octanol–water partition coefficient (Wildman–Crippen LogP) is 5.20. The minimum absolute atomic E-state index is 0.0362. The van der Waals surface area contributed by atoms with Gasteiger partial charge in [0.1, 0.15) is 17.8 Å². The highest BCUT2D eigenvalue weighted by Gasteiger charge is 2.32. The molecule has 3 aromatic heterocycles. The Kier molecular flexibility index (Phi) is 18.7. The molecule has 0 unspecified atom stereocenters. The van der Waals surface area contributed by atoms with Crippen LogP contribution in [0.5, 0.6) is 0 Å². The Morgan fingerprint density at radius 3 is 2.15 bits per heavy atom. The Hall–Kier alpha value is -5.57. The number of unbranched alkanes of at least 4 members (excludes halogenated alkanes) is 1. The van der Waals surface area contributed by atoms with Crippen LogP contribution in [0.4, 0.5) is 5.95 Å². The van der Waals surface area contributed by atoms with Gasteiger partial charge in [-0.2, -0.15) is 10.1 Å². The molecule has 3 fully saturated rings. The standard InChI is InChI=1S/C52H72N10O9/c1-4-5-20-53-51-54-35-43-48(57-62(49(43)56-51)41-13-15-42(16-14-41)71-37(2)63)40-11-8-39(9-12-40)36-60-23-21-59(22-24-60)25-27-68-29-31-70-33-32-69-30-28-67-26-6-7-38-10-17-44-46(34-38)58(3)52(66)61(44)45-18-19-47(64)55-50(45)65/h8-12,17,34-35,41-42,45H,4-7,13-16,18-33,36H2,1-3H3,(H,53,54,56)(H,55,64,65)/t41?,42?,45-/m0/s1. The number of nitrogens with zero attached hydrogens (tertiary/aromatic N) is 8. The quantitative estimate of drug-likeness (QED) is 0.0416. The van der Waals surface area contributed by atoms with Gasteiger partial charge in [-0.15, -0.1) is 0 Å². The van der Waals surface area contributed by atoms with Crippen molar-refractivity contribution in [2.24, 2.45) is 7.05 Å². The summed E-state index contributed by atoms with van der Waals surface area (Å²) in [6.45, 7) is 14.6. The Bertz CT molecular complexity index is 2600. The molecule has 2 saturated heterocycles. The summed E-state index contributed by atoms with van der Waals surface area (Å²) in [4.78, 5) is 63.3. The maximum atomic E-state index is 13.0. The first kappa shape index (κ1) is 51.8. The van der Waals surface area contributed by atoms with E-state index in [0.29, 0.717) is 70.7 Å². The zero-order chi connectivity index (χ0) is 49.5. The molecule has 384 valence electrons. The fraction of sp³-hybridized carbons (Fsp3) is 0.596. The van der Waals surface area contributed by atoms with E-state index in [1.807, 2.05) is 24.4 Å². The van der Waals surface area contributed by atoms with E-state index < -0.39 is 11.9 Å². The Balaban J connectivity index is 0.661. The van der Waals surface area contributed by atoms with E-state index in [1.165, 1.54) is 17.1 Å². The van der Waals surface area contributed by atoms with Gasteiger partial charge in [0, 0.05) is 84.6 Å². The Labute approximate surface area is 415 Å². The number of aryl methyl sites for hydroxylation is 2. The number of hydrogen-bond donors (Lipinski definition) is 2. The van der Waals surface area contributed by atoms with E-state index in [0.717, 1.165) is 131 Å². The van der Waals surface area contributed by atoms with Crippen LogP contribution in [0.25, 0.3) is 33.3 Å². The van der Waals surface area contributed by atoms with Crippen molar-refractivity contribution < 1.29 is 38.1 Å². The third-order valence-electron chi connectivity index (χ3n) is 13.8. The van der Waals surface area contributed by atoms with E-state index in [2.05, 4.69) is 61.3 Å². The number of rotatable bonds is 26. The molecule has 2 aromatic carbocycles. The highest BCUT2D eigenvalue weighted by molar-refractivity contribution is 6.00. The summed E-state index contributed by atoms with van der Waals surface area (Å²) < 4.78 is 33.7. The topological polar surface area (TPSA) is 198 Å². The fourth-order valence-corrected chi connectivity index (χ4v) is 9.82. The first-order valence-corrected chi connectivity index (χ1v) is 25.7. The van der Waals surface area contributed by atoms with Crippen molar-refractivity contribution in [3.8, 4) is 11.3 Å². The van der Waals surface area contributed by atoms with Crippen LogP contribution in [0.1, 0.15) is 94.8 Å². The summed E-state index contributed by atoms with van der Waals surface area (Å²) in [7, 11) is 1.70. The lowest BCUT2D eigenvalue weighted by Gasteiger charge is -2.34. The number of hydrogen-bond acceptors (Lipinski definition) is 15. The van der Waals surface area contributed by atoms with E-state index in [-0.39, 0.29) is 36.1 Å². The number of piperazine rings is 1. The summed E-state index contributed by atoms with van der Waals surface area (Å²) >= 11 is 0. The van der Waals surface area contributed by atoms with Crippen molar-refractivity contribution >= 4 is 45.8 Å². The second kappa shape index (κ2) is 25.7. The highest BCUT2D eigenvalue weighted by Crippen LogP contribution is 2.36. The van der Waals surface area contributed by atoms with Gasteiger partial charge in [0.15, 0.2) is 5.65 Å². The summed E-state index contributed by atoms with van der Waals surface area (Å²) in [5.74, 6) is -0.338. The number of imidazole rings is 1. The van der Waals surface area contributed by atoms with Crippen molar-refractivity contribution in [2.45, 2.75) is 103 Å². The fourth-order valence-electron chi connectivity index (χ4n) is 9.82. The van der Waals surface area contributed by atoms with Crippen LogP contribution in [0.3, 0.4) is 0 Å². The second-order valence-corrected chi connectivity index (χ2v) is 18.9. The minimum Gasteiger partial charge on any atom is -0.463 e. The van der Waals surface area contributed by atoms with Crippen LogP contribution >= 0.6 is 0 Å². The molecule has 5 heterocycles. The average molecular weight is 981 g/mol. The van der Waals surface area contributed by atoms with Gasteiger partial charge in [0.2, 0.25) is 17.8 Å². The van der Waals surface area contributed by atoms with Crippen molar-refractivity contribution in [2.75, 3.05) is 97.4 Å². The third kappa shape index (κ3) is 13.9. The molecule has 19 nitrogen and oxygen atoms in total. The molecule has 0 spiro atoms. The lowest BCUT2D eigenvalue weighted by Crippen LogP contribution is -2.46. The number of aromatic nitrogens is 6. The number of ether oxygens (including phenoxy) is 5. The first-order chi connectivity index (χ1) is 34.6. The number of piperidine rings is 1. The lowest BCUT2D eigenvalue weighted by atomic mass is 9.93. The number of esters is 1. The van der Waals surface area contributed by atoms with Crippen LogP contribution in [-0.4, -0.2) is 155 Å². The van der Waals surface area contributed by atoms with E-state index in [4.69, 9.17) is 33.8 Å². The maximum absolute atomic E-state index is 13.0. The van der Waals surface area contributed by atoms with Crippen LogP contribution < -0.4 is 16.3 Å². The van der Waals surface area contributed by atoms with Crippen molar-refractivity contribution in [1.82, 2.24) is 44.0 Å². The number of carbonyl (C=O) groups excluding carboxylic acids is 3. The molecule has 2 aliphatic heterocycles. The van der Waals surface area contributed by atoms with Crippen LogP contribution in [0.2, 0.25) is 0 Å². The largest absolute Gasteiger partial charge is 0.463 e.